The summed E-state index contributed by atoms with van der Waals surface area (Å²) in [5, 5.41) is 20.7. The second kappa shape index (κ2) is 22.4. The second-order valence-electron chi connectivity index (χ2n) is 22.3. The van der Waals surface area contributed by atoms with Gasteiger partial charge in [-0.15, -0.1) is 0 Å². The van der Waals surface area contributed by atoms with E-state index < -0.39 is 87.5 Å². The van der Waals surface area contributed by atoms with Gasteiger partial charge in [-0.05, 0) is 0 Å². The minimum Gasteiger partial charge on any atom is -0.412 e. The molecule has 0 saturated heterocycles. The summed E-state index contributed by atoms with van der Waals surface area (Å²) >= 11 is -7.02. The first-order chi connectivity index (χ1) is 33.6. The van der Waals surface area contributed by atoms with Crippen LogP contribution in [0, 0.1) is 0 Å². The predicted octanol–water partition coefficient (Wildman–Crippen LogP) is 11.4. The third kappa shape index (κ3) is 13.6. The van der Waals surface area contributed by atoms with Crippen molar-refractivity contribution in [2.75, 3.05) is 0 Å². The number of benzene rings is 6. The Morgan fingerprint density at radius 1 is 0.280 bits per heavy atom. The van der Waals surface area contributed by atoms with E-state index in [1.165, 1.54) is 24.3 Å². The first-order valence-electron chi connectivity index (χ1n) is 23.5. The molecule has 0 aliphatic heterocycles. The van der Waals surface area contributed by atoms with E-state index >= 15 is 0 Å². The van der Waals surface area contributed by atoms with Crippen LogP contribution in [0.1, 0.15) is 116 Å². The zero-order chi connectivity index (χ0) is 56.1. The molecule has 75 heavy (non-hydrogen) atoms. The standard InChI is InChI=1S/4C10H13.2C9H5F6O.H2O.2Sb/c4*1-10(2,3)9-7-5-4-6-8-9;2*10-8(11,12)7(16,9(13,14)15)6-4-2-1-3-5-6;;;/h4*5-8H,1-3H3;2*1-4,16H;1H2;;. The van der Waals surface area contributed by atoms with Gasteiger partial charge in [0, 0.05) is 0 Å². The van der Waals surface area contributed by atoms with Gasteiger partial charge in [0.05, 0.1) is 0 Å². The van der Waals surface area contributed by atoms with Crippen LogP contribution in [0.4, 0.5) is 52.7 Å². The summed E-state index contributed by atoms with van der Waals surface area (Å²) in [6, 6.07) is 38.6. The zero-order valence-electron chi connectivity index (χ0n) is 43.7. The van der Waals surface area contributed by atoms with Gasteiger partial charge in [0.25, 0.3) is 0 Å². The van der Waals surface area contributed by atoms with Crippen LogP contribution in [-0.2, 0) is 32.9 Å². The Kier molecular flexibility index (Phi) is 19.0. The number of halogens is 12. The Bertz CT molecular complexity index is 2490. The van der Waals surface area contributed by atoms with Crippen LogP contribution in [0.5, 0.6) is 0 Å². The molecule has 0 heterocycles. The van der Waals surface area contributed by atoms with E-state index in [0.29, 0.717) is 14.0 Å². The average Bonchev–Trinajstić information content (AvgIpc) is 3.27. The van der Waals surface area contributed by atoms with Crippen molar-refractivity contribution in [3.8, 4) is 0 Å². The zero-order valence-corrected chi connectivity index (χ0v) is 48.8. The molecule has 0 radical (unpaired) electrons. The molecule has 0 saturated carbocycles. The predicted molar refractivity (Wildman–Crippen MR) is 278 cm³/mol. The molecule has 0 unspecified atom stereocenters. The van der Waals surface area contributed by atoms with E-state index in [1.807, 2.05) is 132 Å². The van der Waals surface area contributed by atoms with Crippen LogP contribution in [0.2, 0.25) is 0 Å². The van der Waals surface area contributed by atoms with Gasteiger partial charge in [0.15, 0.2) is 0 Å². The molecule has 0 amide bonds. The number of rotatable bonds is 8. The topological polar surface area (TPSA) is 72.0 Å². The normalized spacial score (nSPS) is 13.6. The van der Waals surface area contributed by atoms with Crippen LogP contribution in [0.25, 0.3) is 0 Å². The number of hydrogen-bond acceptors (Lipinski definition) is 2. The summed E-state index contributed by atoms with van der Waals surface area (Å²) in [4.78, 5) is 0. The number of aliphatic hydroxyl groups is 2. The fourth-order valence-corrected chi connectivity index (χ4v) is 22.2. The molecule has 0 aliphatic carbocycles. The fraction of sp³-hybridized carbons (Fsp3) is 0.379. The van der Waals surface area contributed by atoms with Crippen LogP contribution in [-0.4, -0.2) is 80.8 Å². The van der Waals surface area contributed by atoms with Crippen LogP contribution in [0.3, 0.4) is 0 Å². The molecule has 4 N–H and O–H groups in total. The minimum atomic E-state index is -5.96. The molecule has 6 aromatic carbocycles. The molecular formula is C58H64F12O3Sb2. The summed E-state index contributed by atoms with van der Waals surface area (Å²) in [6.45, 7) is 24.3. The molecular weight excluding hydrogens is 1220 g/mol. The molecule has 0 aliphatic rings. The van der Waals surface area contributed by atoms with Gasteiger partial charge >= 0.3 is 444 Å². The Labute approximate surface area is 446 Å². The van der Waals surface area contributed by atoms with Crippen LogP contribution < -0.4 is 21.1 Å². The molecule has 0 atom stereocenters. The Balaban J connectivity index is 0.000000320. The summed E-state index contributed by atoms with van der Waals surface area (Å²) < 4.78 is 170. The minimum absolute atomic E-state index is 0. The van der Waals surface area contributed by atoms with Crippen molar-refractivity contribution in [2.24, 2.45) is 0 Å². The molecule has 0 aromatic heterocycles. The average molecular weight is 1280 g/mol. The molecule has 6 aromatic rings. The maximum atomic E-state index is 14.0. The maximum Gasteiger partial charge on any atom is -0.412 e. The van der Waals surface area contributed by atoms with Crippen molar-refractivity contribution >= 4 is 61.5 Å². The van der Waals surface area contributed by atoms with E-state index in [4.69, 9.17) is 0 Å². The van der Waals surface area contributed by atoms with Gasteiger partial charge in [-0.3, -0.25) is 0 Å². The van der Waals surface area contributed by atoms with Gasteiger partial charge in [0.2, 0.25) is 0 Å². The summed E-state index contributed by atoms with van der Waals surface area (Å²) in [7, 11) is 0. The fourth-order valence-electron chi connectivity index (χ4n) is 8.18. The SMILES string of the molecule is CC(C)(C)c1cc[c]([Sb]([c]2ccc(C(C)(C)C)cc2)[c]2ccccc2C(O)(C(F)(F)F)C(F)(F)F)cc1.CC(C)(C)c1cc[c]([Sb]([c]2ccc(C(C)(C)C)cc2)[c]2ccccc2C(O)(C(F)(F)F)C(F)(F)F)cc1.O. The van der Waals surface area contributed by atoms with E-state index in [2.05, 4.69) is 0 Å². The van der Waals surface area contributed by atoms with Gasteiger partial charge in [0.1, 0.15) is 0 Å². The number of hydrogen-bond donors (Lipinski definition) is 2. The molecule has 0 bridgehead atoms. The molecule has 3 nitrogen and oxygen atoms in total. The van der Waals surface area contributed by atoms with Gasteiger partial charge in [-0.1, -0.05) is 0 Å². The van der Waals surface area contributed by atoms with E-state index in [9.17, 15) is 62.9 Å². The largest absolute Gasteiger partial charge is 0.412 e. The van der Waals surface area contributed by atoms with Crippen molar-refractivity contribution in [1.29, 1.82) is 0 Å². The van der Waals surface area contributed by atoms with Crippen molar-refractivity contribution in [3.05, 3.63) is 179 Å². The van der Waals surface area contributed by atoms with Crippen molar-refractivity contribution in [3.63, 3.8) is 0 Å². The third-order valence-electron chi connectivity index (χ3n) is 12.7. The first-order valence-corrected chi connectivity index (χ1v) is 31.2. The molecule has 6 rings (SSSR count). The van der Waals surface area contributed by atoms with Crippen molar-refractivity contribution in [2.45, 2.75) is 141 Å². The summed E-state index contributed by atoms with van der Waals surface area (Å²) in [6.07, 6.45) is -23.8. The Morgan fingerprint density at radius 2 is 0.453 bits per heavy atom. The van der Waals surface area contributed by atoms with Crippen molar-refractivity contribution < 1.29 is 68.4 Å². The molecule has 17 heteroatoms. The quantitative estimate of drug-likeness (QED) is 0.118. The maximum absolute atomic E-state index is 14.0. The van der Waals surface area contributed by atoms with E-state index in [1.54, 1.807) is 48.5 Å². The first kappa shape index (κ1) is 63.5. The Hall–Kier alpha value is -4.00. The Morgan fingerprint density at radius 3 is 0.613 bits per heavy atom. The summed E-state index contributed by atoms with van der Waals surface area (Å²) in [5.41, 5.74) is -9.03. The third-order valence-corrected chi connectivity index (χ3v) is 27.0. The van der Waals surface area contributed by atoms with Gasteiger partial charge < -0.3 is 5.48 Å². The monoisotopic (exact) mass is 1280 g/mol. The number of alkyl halides is 12. The van der Waals surface area contributed by atoms with Crippen LogP contribution in [0.15, 0.2) is 146 Å². The molecule has 0 spiro atoms. The van der Waals surface area contributed by atoms with Crippen LogP contribution >= 0.6 is 0 Å². The van der Waals surface area contributed by atoms with Gasteiger partial charge in [-0.25, -0.2) is 0 Å². The van der Waals surface area contributed by atoms with E-state index in [-0.39, 0.29) is 34.2 Å². The van der Waals surface area contributed by atoms with Gasteiger partial charge in [-0.2, -0.15) is 0 Å². The summed E-state index contributed by atoms with van der Waals surface area (Å²) in [5.74, 6) is 0. The van der Waals surface area contributed by atoms with Crippen molar-refractivity contribution in [1.82, 2.24) is 0 Å². The second-order valence-corrected chi connectivity index (χ2v) is 34.8. The molecule has 0 fully saturated rings. The molecule has 408 valence electrons. The van der Waals surface area contributed by atoms with E-state index in [0.717, 1.165) is 46.5 Å². The smallest absolute Gasteiger partial charge is 0.412 e.